The molecule has 0 aromatic carbocycles. The molecule has 0 unspecified atom stereocenters. The molecule has 0 spiro atoms. The molecule has 2 nitrogen and oxygen atoms in total. The van der Waals surface area contributed by atoms with Crippen molar-refractivity contribution < 1.29 is 62.0 Å². The van der Waals surface area contributed by atoms with Gasteiger partial charge in [0.05, 0.1) is 0 Å². The van der Waals surface area contributed by atoms with Crippen LogP contribution in [0.3, 0.4) is 0 Å². The number of hydrogen-bond acceptors (Lipinski definition) is 2. The summed E-state index contributed by atoms with van der Waals surface area (Å²) in [5, 5.41) is 14.2. The number of aliphatic hydroxyl groups is 2. The Morgan fingerprint density at radius 1 is 0.474 bits per heavy atom. The summed E-state index contributed by atoms with van der Waals surface area (Å²) in [5.74, 6) is 0. The van der Waals surface area contributed by atoms with E-state index in [1.54, 1.807) is 0 Å². The van der Waals surface area contributed by atoms with E-state index in [9.17, 15) is 51.8 Å². The van der Waals surface area contributed by atoms with Gasteiger partial charge in [-0.2, -0.15) is 0 Å². The molecule has 0 radical (unpaired) electrons. The molecule has 18 heteroatoms. The van der Waals surface area contributed by atoms with E-state index < -0.39 is 28.6 Å². The summed E-state index contributed by atoms with van der Waals surface area (Å²) >= 11 is 0. The normalized spacial score (nSPS) is 10.4. The molecule has 0 saturated heterocycles. The molecule has 0 rings (SSSR count). The monoisotopic (exact) mass is 317 g/mol. The van der Waals surface area contributed by atoms with Crippen LogP contribution in [0, 0.1) is 0 Å². The molecule has 0 saturated carbocycles. The van der Waals surface area contributed by atoms with Crippen molar-refractivity contribution in [3.05, 3.63) is 0 Å². The van der Waals surface area contributed by atoms with E-state index in [1.165, 1.54) is 0 Å². The third-order valence-corrected chi connectivity index (χ3v) is 0. The average Bonchev–Trinajstić information content (AvgIpc) is 1.71. The van der Waals surface area contributed by atoms with Crippen LogP contribution in [0.25, 0.3) is 0 Å². The Morgan fingerprint density at radius 3 is 0.474 bits per heavy atom. The Balaban J connectivity index is -0.0000000458. The Labute approximate surface area is 110 Å². The summed E-state index contributed by atoms with van der Waals surface area (Å²) in [7, 11) is -18.0. The standard InChI is InChI=1S/CH4O2.3BF4.Li.H/c2-1-3;3*2-1(3,4)5;;/h2-3H,1H2;;;;;/q;3*-1;;. The van der Waals surface area contributed by atoms with Gasteiger partial charge in [0, 0.05) is 0 Å². The molecule has 0 fully saturated rings. The Bertz CT molecular complexity index is 117. The van der Waals surface area contributed by atoms with Crippen LogP contribution in [0.1, 0.15) is 0 Å². The molecule has 0 aromatic heterocycles. The van der Waals surface area contributed by atoms with E-state index in [2.05, 4.69) is 0 Å². The summed E-state index contributed by atoms with van der Waals surface area (Å²) in [5.41, 5.74) is 0. The molecular weight excluding hydrogens is 311 g/mol. The predicted octanol–water partition coefficient (Wildman–Crippen LogP) is 2.18. The van der Waals surface area contributed by atoms with Crippen LogP contribution in [0.15, 0.2) is 0 Å². The van der Waals surface area contributed by atoms with Crippen molar-refractivity contribution in [2.75, 3.05) is 6.79 Å². The second-order valence-corrected chi connectivity index (χ2v) is 1.63. The van der Waals surface area contributed by atoms with E-state index >= 15 is 0 Å². The van der Waals surface area contributed by atoms with E-state index in [0.717, 1.165) is 0 Å². The molecule has 0 aliphatic rings. The molecule has 118 valence electrons. The quantitative estimate of drug-likeness (QED) is 0.408. The van der Waals surface area contributed by atoms with Crippen molar-refractivity contribution in [1.82, 2.24) is 0 Å². The first kappa shape index (κ1) is 31.3. The zero-order valence-corrected chi connectivity index (χ0v) is 7.87. The fourth-order valence-corrected chi connectivity index (χ4v) is 0. The van der Waals surface area contributed by atoms with Gasteiger partial charge in [0.25, 0.3) is 0 Å². The molecule has 19 heavy (non-hydrogen) atoms. The second kappa shape index (κ2) is 14.3. The van der Waals surface area contributed by atoms with Gasteiger partial charge in [-0.05, 0) is 0 Å². The minimum atomic E-state index is -6.00. The maximum atomic E-state index is 9.75. The first-order valence-electron chi connectivity index (χ1n) is 3.25. The van der Waals surface area contributed by atoms with Crippen molar-refractivity contribution in [3.63, 3.8) is 0 Å². The SMILES string of the molecule is F[B-](F)(F)F.F[B-](F)(F)F.F[B-](F)(F)F.OCO.[LiH]. The van der Waals surface area contributed by atoms with Gasteiger partial charge in [0.1, 0.15) is 6.79 Å². The van der Waals surface area contributed by atoms with E-state index in [4.69, 9.17) is 10.2 Å². The van der Waals surface area contributed by atoms with Crippen LogP contribution in [0.4, 0.5) is 51.8 Å². The van der Waals surface area contributed by atoms with Crippen LogP contribution in [0.2, 0.25) is 0 Å². The number of aliphatic hydroxyl groups excluding tert-OH is 1. The fourth-order valence-electron chi connectivity index (χ4n) is 0. The summed E-state index contributed by atoms with van der Waals surface area (Å²) in [6.45, 7) is -0.750. The molecule has 0 atom stereocenters. The molecule has 0 amide bonds. The van der Waals surface area contributed by atoms with Crippen LogP contribution >= 0.6 is 0 Å². The zero-order valence-electron chi connectivity index (χ0n) is 7.87. The van der Waals surface area contributed by atoms with Crippen molar-refractivity contribution in [2.45, 2.75) is 0 Å². The molecule has 2 N–H and O–H groups in total. The Kier molecular flexibility index (Phi) is 23.6. The van der Waals surface area contributed by atoms with Crippen LogP contribution in [-0.4, -0.2) is 57.6 Å². The molecule has 0 aliphatic carbocycles. The predicted molar refractivity (Wildman–Crippen MR) is 47.0 cm³/mol. The van der Waals surface area contributed by atoms with Crippen molar-refractivity contribution in [2.24, 2.45) is 0 Å². The Morgan fingerprint density at radius 2 is 0.474 bits per heavy atom. The first-order chi connectivity index (χ1) is 7.41. The third-order valence-electron chi connectivity index (χ3n) is 0. The van der Waals surface area contributed by atoms with Gasteiger partial charge < -0.3 is 62.0 Å². The zero-order chi connectivity index (χ0) is 16.2. The van der Waals surface area contributed by atoms with Gasteiger partial charge >= 0.3 is 40.6 Å². The number of rotatable bonds is 0. The van der Waals surface area contributed by atoms with Crippen molar-refractivity contribution in [3.8, 4) is 0 Å². The molecule has 0 aromatic rings. The molecular formula is CH5B3F12LiO2-3. The van der Waals surface area contributed by atoms with Crippen LogP contribution in [0.5, 0.6) is 0 Å². The third kappa shape index (κ3) is 276000. The topological polar surface area (TPSA) is 40.5 Å². The average molecular weight is 316 g/mol. The van der Waals surface area contributed by atoms with Crippen molar-refractivity contribution >= 4 is 40.6 Å². The molecule has 0 bridgehead atoms. The summed E-state index contributed by atoms with van der Waals surface area (Å²) in [6, 6.07) is 0. The van der Waals surface area contributed by atoms with Crippen molar-refractivity contribution in [1.29, 1.82) is 0 Å². The second-order valence-electron chi connectivity index (χ2n) is 1.63. The molecule has 0 aliphatic heterocycles. The minimum absolute atomic E-state index is 0. The van der Waals surface area contributed by atoms with Gasteiger partial charge in [-0.25, -0.2) is 0 Å². The number of hydrogen-bond donors (Lipinski definition) is 2. The van der Waals surface area contributed by atoms with E-state index in [0.29, 0.717) is 0 Å². The Hall–Kier alpha value is -0.128. The summed E-state index contributed by atoms with van der Waals surface area (Å²) in [6.07, 6.45) is 0. The fraction of sp³-hybridized carbons (Fsp3) is 1.00. The summed E-state index contributed by atoms with van der Waals surface area (Å²) in [4.78, 5) is 0. The van der Waals surface area contributed by atoms with E-state index in [1.807, 2.05) is 0 Å². The number of halogens is 12. The van der Waals surface area contributed by atoms with Gasteiger partial charge in [-0.1, -0.05) is 0 Å². The van der Waals surface area contributed by atoms with Gasteiger partial charge in [0.2, 0.25) is 0 Å². The van der Waals surface area contributed by atoms with Crippen LogP contribution < -0.4 is 0 Å². The van der Waals surface area contributed by atoms with E-state index in [-0.39, 0.29) is 18.9 Å². The van der Waals surface area contributed by atoms with Crippen LogP contribution in [-0.2, 0) is 0 Å². The summed E-state index contributed by atoms with van der Waals surface area (Å²) < 4.78 is 117. The maximum absolute atomic E-state index is 9.75. The van der Waals surface area contributed by atoms with Gasteiger partial charge in [-0.15, -0.1) is 0 Å². The van der Waals surface area contributed by atoms with Gasteiger partial charge in [0.15, 0.2) is 0 Å². The molecule has 0 heterocycles. The first-order valence-corrected chi connectivity index (χ1v) is 3.25. The van der Waals surface area contributed by atoms with Gasteiger partial charge in [-0.3, -0.25) is 0 Å².